The third kappa shape index (κ3) is 1.98. The largest absolute Gasteiger partial charge is 0.297 e. The van der Waals surface area contributed by atoms with Crippen molar-refractivity contribution < 1.29 is 0 Å². The standard InChI is InChI=1S/C15H18BrN/c1-10-3-4-11(9-15(10)16)12-7-13-5-6-14(8-12)17(13)2/h3-4,7,9,13-14H,5-6,8H2,1-2H3. The molecule has 0 amide bonds. The molecule has 2 atom stereocenters. The number of likely N-dealkylation sites (N-methyl/N-ethyl adjacent to an activating group) is 1. The summed E-state index contributed by atoms with van der Waals surface area (Å²) in [4.78, 5) is 2.53. The summed E-state index contributed by atoms with van der Waals surface area (Å²) in [5.41, 5.74) is 4.24. The van der Waals surface area contributed by atoms with E-state index in [1.165, 1.54) is 40.4 Å². The molecule has 90 valence electrons. The van der Waals surface area contributed by atoms with Crippen molar-refractivity contribution in [2.75, 3.05) is 7.05 Å². The second-order valence-corrected chi connectivity index (χ2v) is 6.18. The normalized spacial score (nSPS) is 28.3. The van der Waals surface area contributed by atoms with E-state index in [1.54, 1.807) is 0 Å². The molecule has 17 heavy (non-hydrogen) atoms. The first-order valence-corrected chi connectivity index (χ1v) is 7.13. The van der Waals surface area contributed by atoms with Crippen molar-refractivity contribution in [1.29, 1.82) is 0 Å². The topological polar surface area (TPSA) is 3.24 Å². The molecule has 1 aromatic rings. The summed E-state index contributed by atoms with van der Waals surface area (Å²) in [7, 11) is 2.26. The molecule has 2 unspecified atom stereocenters. The number of hydrogen-bond acceptors (Lipinski definition) is 1. The van der Waals surface area contributed by atoms with Gasteiger partial charge in [-0.2, -0.15) is 0 Å². The zero-order valence-electron chi connectivity index (χ0n) is 10.4. The Bertz CT molecular complexity index is 478. The van der Waals surface area contributed by atoms with Gasteiger partial charge in [0.15, 0.2) is 0 Å². The number of hydrogen-bond donors (Lipinski definition) is 0. The first-order chi connectivity index (χ1) is 8.15. The van der Waals surface area contributed by atoms with Crippen LogP contribution in [0, 0.1) is 6.92 Å². The summed E-state index contributed by atoms with van der Waals surface area (Å²) in [6.45, 7) is 2.14. The van der Waals surface area contributed by atoms with E-state index in [9.17, 15) is 0 Å². The second kappa shape index (κ2) is 4.25. The summed E-state index contributed by atoms with van der Waals surface area (Å²) in [5.74, 6) is 0. The van der Waals surface area contributed by atoms with Gasteiger partial charge in [0, 0.05) is 16.6 Å². The van der Waals surface area contributed by atoms with Crippen LogP contribution in [0.15, 0.2) is 28.7 Å². The van der Waals surface area contributed by atoms with Crippen LogP contribution in [-0.2, 0) is 0 Å². The summed E-state index contributed by atoms with van der Waals surface area (Å²) < 4.78 is 1.22. The van der Waals surface area contributed by atoms with Crippen molar-refractivity contribution in [2.24, 2.45) is 0 Å². The first kappa shape index (κ1) is 11.5. The maximum absolute atomic E-state index is 3.63. The van der Waals surface area contributed by atoms with Crippen LogP contribution in [-0.4, -0.2) is 24.0 Å². The maximum atomic E-state index is 3.63. The van der Waals surface area contributed by atoms with Gasteiger partial charge in [-0.15, -0.1) is 0 Å². The third-order valence-electron chi connectivity index (χ3n) is 4.29. The van der Waals surface area contributed by atoms with Gasteiger partial charge >= 0.3 is 0 Å². The molecule has 0 aromatic heterocycles. The number of nitrogens with zero attached hydrogens (tertiary/aromatic N) is 1. The third-order valence-corrected chi connectivity index (χ3v) is 5.14. The zero-order chi connectivity index (χ0) is 12.0. The molecule has 0 radical (unpaired) electrons. The molecule has 1 saturated heterocycles. The molecule has 0 N–H and O–H groups in total. The van der Waals surface area contributed by atoms with Crippen LogP contribution in [0.1, 0.15) is 30.4 Å². The summed E-state index contributed by atoms with van der Waals surface area (Å²) >= 11 is 3.63. The predicted octanol–water partition coefficient (Wildman–Crippen LogP) is 4.01. The van der Waals surface area contributed by atoms with E-state index in [-0.39, 0.29) is 0 Å². The molecule has 0 spiro atoms. The van der Waals surface area contributed by atoms with Crippen molar-refractivity contribution in [3.63, 3.8) is 0 Å². The van der Waals surface area contributed by atoms with Gasteiger partial charge in [0.1, 0.15) is 0 Å². The van der Waals surface area contributed by atoms with Crippen LogP contribution in [0.5, 0.6) is 0 Å². The van der Waals surface area contributed by atoms with E-state index in [0.717, 1.165) is 6.04 Å². The van der Waals surface area contributed by atoms with Crippen molar-refractivity contribution in [2.45, 2.75) is 38.3 Å². The molecule has 3 rings (SSSR count). The molecule has 0 aliphatic carbocycles. The average Bonchev–Trinajstić information content (AvgIpc) is 2.55. The Morgan fingerprint density at radius 1 is 1.29 bits per heavy atom. The Labute approximate surface area is 112 Å². The fraction of sp³-hybridized carbons (Fsp3) is 0.467. The summed E-state index contributed by atoms with van der Waals surface area (Å²) in [6.07, 6.45) is 6.37. The molecule has 1 aromatic carbocycles. The number of benzene rings is 1. The molecule has 2 bridgehead atoms. The first-order valence-electron chi connectivity index (χ1n) is 6.34. The highest BCUT2D eigenvalue weighted by Gasteiger charge is 2.33. The molecular formula is C15H18BrN. The Kier molecular flexibility index (Phi) is 2.87. The minimum atomic E-state index is 0.670. The number of aryl methyl sites for hydroxylation is 1. The number of halogens is 1. The number of rotatable bonds is 1. The highest BCUT2D eigenvalue weighted by molar-refractivity contribution is 9.10. The molecule has 2 aliphatic heterocycles. The van der Waals surface area contributed by atoms with Crippen LogP contribution in [0.2, 0.25) is 0 Å². The second-order valence-electron chi connectivity index (χ2n) is 5.32. The van der Waals surface area contributed by atoms with Crippen molar-refractivity contribution in [3.8, 4) is 0 Å². The summed E-state index contributed by atoms with van der Waals surface area (Å²) in [5, 5.41) is 0. The predicted molar refractivity (Wildman–Crippen MR) is 76.0 cm³/mol. The Morgan fingerprint density at radius 2 is 2.12 bits per heavy atom. The van der Waals surface area contributed by atoms with Crippen molar-refractivity contribution in [3.05, 3.63) is 39.9 Å². The summed E-state index contributed by atoms with van der Waals surface area (Å²) in [6, 6.07) is 8.17. The Hall–Kier alpha value is -0.600. The lowest BCUT2D eigenvalue weighted by Crippen LogP contribution is -2.34. The highest BCUT2D eigenvalue weighted by Crippen LogP contribution is 2.38. The van der Waals surface area contributed by atoms with Gasteiger partial charge in [-0.1, -0.05) is 34.1 Å². The van der Waals surface area contributed by atoms with Gasteiger partial charge in [-0.3, -0.25) is 4.90 Å². The van der Waals surface area contributed by atoms with Gasteiger partial charge < -0.3 is 0 Å². The molecule has 2 heterocycles. The lowest BCUT2D eigenvalue weighted by molar-refractivity contribution is 0.264. The van der Waals surface area contributed by atoms with Gasteiger partial charge in [-0.05, 0) is 56.0 Å². The van der Waals surface area contributed by atoms with Crippen LogP contribution in [0.4, 0.5) is 0 Å². The van der Waals surface area contributed by atoms with Crippen LogP contribution in [0.3, 0.4) is 0 Å². The monoisotopic (exact) mass is 291 g/mol. The van der Waals surface area contributed by atoms with Crippen LogP contribution < -0.4 is 0 Å². The van der Waals surface area contributed by atoms with Crippen LogP contribution in [0.25, 0.3) is 5.57 Å². The molecule has 2 heteroatoms. The lowest BCUT2D eigenvalue weighted by atomic mass is 9.94. The smallest absolute Gasteiger partial charge is 0.0284 e. The molecule has 0 saturated carbocycles. The minimum absolute atomic E-state index is 0.670. The molecule has 1 nitrogen and oxygen atoms in total. The molecule has 1 fully saturated rings. The molecule has 2 aliphatic rings. The van der Waals surface area contributed by atoms with E-state index in [4.69, 9.17) is 0 Å². The van der Waals surface area contributed by atoms with Gasteiger partial charge in [0.05, 0.1) is 0 Å². The fourth-order valence-electron chi connectivity index (χ4n) is 3.05. The minimum Gasteiger partial charge on any atom is -0.297 e. The lowest BCUT2D eigenvalue weighted by Gasteiger charge is -2.30. The highest BCUT2D eigenvalue weighted by atomic mass is 79.9. The Morgan fingerprint density at radius 3 is 2.82 bits per heavy atom. The average molecular weight is 292 g/mol. The van der Waals surface area contributed by atoms with E-state index in [1.807, 2.05) is 0 Å². The fourth-order valence-corrected chi connectivity index (χ4v) is 3.43. The van der Waals surface area contributed by atoms with Crippen molar-refractivity contribution >= 4 is 21.5 Å². The van der Waals surface area contributed by atoms with Crippen LogP contribution >= 0.6 is 15.9 Å². The number of fused-ring (bicyclic) bond motifs is 2. The van der Waals surface area contributed by atoms with Gasteiger partial charge in [0.25, 0.3) is 0 Å². The van der Waals surface area contributed by atoms with E-state index < -0.39 is 0 Å². The van der Waals surface area contributed by atoms with Crippen molar-refractivity contribution in [1.82, 2.24) is 4.90 Å². The van der Waals surface area contributed by atoms with E-state index >= 15 is 0 Å². The zero-order valence-corrected chi connectivity index (χ0v) is 12.0. The maximum Gasteiger partial charge on any atom is 0.0284 e. The quantitative estimate of drug-likeness (QED) is 0.756. The molecular weight excluding hydrogens is 274 g/mol. The SMILES string of the molecule is Cc1ccc(C2=CC3CCC(C2)N3C)cc1Br. The van der Waals surface area contributed by atoms with E-state index in [0.29, 0.717) is 6.04 Å². The van der Waals surface area contributed by atoms with Gasteiger partial charge in [0.2, 0.25) is 0 Å². The van der Waals surface area contributed by atoms with Gasteiger partial charge in [-0.25, -0.2) is 0 Å². The Balaban J connectivity index is 1.95. The van der Waals surface area contributed by atoms with E-state index in [2.05, 4.69) is 59.1 Å².